The summed E-state index contributed by atoms with van der Waals surface area (Å²) in [6, 6.07) is 0. The van der Waals surface area contributed by atoms with Gasteiger partial charge < -0.3 is 10.2 Å². The molecular weight excluding hydrogens is 241 g/mol. The summed E-state index contributed by atoms with van der Waals surface area (Å²) >= 11 is 2.35. The van der Waals surface area contributed by atoms with E-state index in [-0.39, 0.29) is 0 Å². The SMILES string of the molecule is CNC1=NCCCN1CI. The summed E-state index contributed by atoms with van der Waals surface area (Å²) in [6.45, 7) is 2.12. The van der Waals surface area contributed by atoms with Crippen LogP contribution in [0.3, 0.4) is 0 Å². The van der Waals surface area contributed by atoms with E-state index in [2.05, 4.69) is 37.8 Å². The van der Waals surface area contributed by atoms with Gasteiger partial charge in [0, 0.05) is 20.1 Å². The lowest BCUT2D eigenvalue weighted by atomic mass is 10.3. The maximum atomic E-state index is 4.33. The van der Waals surface area contributed by atoms with Crippen molar-refractivity contribution in [1.29, 1.82) is 0 Å². The second-order valence-corrected chi connectivity index (χ2v) is 2.87. The van der Waals surface area contributed by atoms with E-state index in [1.165, 1.54) is 6.42 Å². The Labute approximate surface area is 75.0 Å². The molecule has 1 aliphatic heterocycles. The Bertz CT molecular complexity index is 135. The molecule has 0 unspecified atom stereocenters. The van der Waals surface area contributed by atoms with Gasteiger partial charge in [0.15, 0.2) is 5.96 Å². The lowest BCUT2D eigenvalue weighted by Crippen LogP contribution is -2.42. The molecule has 0 saturated carbocycles. The van der Waals surface area contributed by atoms with Crippen LogP contribution in [0.4, 0.5) is 0 Å². The lowest BCUT2D eigenvalue weighted by Gasteiger charge is -2.26. The van der Waals surface area contributed by atoms with Crippen molar-refractivity contribution in [3.63, 3.8) is 0 Å². The Balaban J connectivity index is 2.53. The van der Waals surface area contributed by atoms with Gasteiger partial charge >= 0.3 is 0 Å². The fourth-order valence-electron chi connectivity index (χ4n) is 1.01. The monoisotopic (exact) mass is 253 g/mol. The zero-order valence-corrected chi connectivity index (χ0v) is 8.26. The highest BCUT2D eigenvalue weighted by Crippen LogP contribution is 2.02. The molecule has 1 N–H and O–H groups in total. The van der Waals surface area contributed by atoms with Crippen LogP contribution in [0.2, 0.25) is 0 Å². The number of aliphatic imine (C=N–C) groups is 1. The maximum absolute atomic E-state index is 4.33. The minimum absolute atomic E-state index is 0.976. The lowest BCUT2D eigenvalue weighted by molar-refractivity contribution is 0.445. The quantitative estimate of drug-likeness (QED) is 0.422. The summed E-state index contributed by atoms with van der Waals surface area (Å²) in [5.41, 5.74) is 0. The van der Waals surface area contributed by atoms with Gasteiger partial charge in [-0.25, -0.2) is 0 Å². The number of hydrogen-bond acceptors (Lipinski definition) is 3. The smallest absolute Gasteiger partial charge is 0.194 e. The summed E-state index contributed by atoms with van der Waals surface area (Å²) in [5, 5.41) is 3.08. The molecule has 0 atom stereocenters. The molecule has 10 heavy (non-hydrogen) atoms. The van der Waals surface area contributed by atoms with Crippen LogP contribution < -0.4 is 5.32 Å². The van der Waals surface area contributed by atoms with E-state index < -0.39 is 0 Å². The van der Waals surface area contributed by atoms with Gasteiger partial charge in [-0.1, -0.05) is 22.6 Å². The largest absolute Gasteiger partial charge is 0.359 e. The van der Waals surface area contributed by atoms with E-state index in [0.717, 1.165) is 23.6 Å². The fourth-order valence-corrected chi connectivity index (χ4v) is 1.67. The van der Waals surface area contributed by atoms with E-state index in [0.29, 0.717) is 0 Å². The zero-order chi connectivity index (χ0) is 7.40. The number of nitrogens with zero attached hydrogens (tertiary/aromatic N) is 2. The zero-order valence-electron chi connectivity index (χ0n) is 6.10. The van der Waals surface area contributed by atoms with Gasteiger partial charge in [0.2, 0.25) is 0 Å². The molecule has 0 aromatic heterocycles. The minimum atomic E-state index is 0.976. The molecule has 3 nitrogen and oxygen atoms in total. The molecule has 4 heteroatoms. The van der Waals surface area contributed by atoms with Crippen LogP contribution in [0.15, 0.2) is 4.99 Å². The summed E-state index contributed by atoms with van der Waals surface area (Å²) < 4.78 is 1.03. The van der Waals surface area contributed by atoms with Crippen molar-refractivity contribution < 1.29 is 0 Å². The first-order valence-corrected chi connectivity index (χ1v) is 4.94. The maximum Gasteiger partial charge on any atom is 0.194 e. The van der Waals surface area contributed by atoms with Crippen LogP contribution in [0.5, 0.6) is 0 Å². The Morgan fingerprint density at radius 2 is 2.60 bits per heavy atom. The average molecular weight is 253 g/mol. The van der Waals surface area contributed by atoms with Crippen molar-refractivity contribution in [1.82, 2.24) is 10.2 Å². The molecular formula is C6H12IN3. The fraction of sp³-hybridized carbons (Fsp3) is 0.833. The topological polar surface area (TPSA) is 27.6 Å². The summed E-state index contributed by atoms with van der Waals surface area (Å²) in [5.74, 6) is 1.04. The van der Waals surface area contributed by atoms with E-state index in [1.54, 1.807) is 0 Å². The van der Waals surface area contributed by atoms with Crippen molar-refractivity contribution in [3.8, 4) is 0 Å². The number of hydrogen-bond donors (Lipinski definition) is 1. The molecule has 0 amide bonds. The second-order valence-electron chi connectivity index (χ2n) is 2.19. The number of rotatable bonds is 1. The predicted octanol–water partition coefficient (Wildman–Crippen LogP) is 0.660. The van der Waals surface area contributed by atoms with Gasteiger partial charge in [0.05, 0.1) is 4.55 Å². The highest BCUT2D eigenvalue weighted by Gasteiger charge is 2.10. The van der Waals surface area contributed by atoms with Crippen LogP contribution in [0, 0.1) is 0 Å². The van der Waals surface area contributed by atoms with Crippen LogP contribution in [0.1, 0.15) is 6.42 Å². The van der Waals surface area contributed by atoms with Crippen molar-refractivity contribution in [3.05, 3.63) is 0 Å². The Morgan fingerprint density at radius 1 is 1.80 bits per heavy atom. The Kier molecular flexibility index (Phi) is 3.24. The molecule has 1 heterocycles. The summed E-state index contributed by atoms with van der Waals surface area (Å²) in [4.78, 5) is 6.57. The summed E-state index contributed by atoms with van der Waals surface area (Å²) in [6.07, 6.45) is 1.19. The molecule has 0 radical (unpaired) electrons. The van der Waals surface area contributed by atoms with Gasteiger partial charge in [-0.05, 0) is 6.42 Å². The highest BCUT2D eigenvalue weighted by atomic mass is 127. The number of guanidine groups is 1. The van der Waals surface area contributed by atoms with Crippen molar-refractivity contribution in [2.75, 3.05) is 24.7 Å². The molecule has 0 aromatic carbocycles. The van der Waals surface area contributed by atoms with E-state index >= 15 is 0 Å². The molecule has 0 aliphatic carbocycles. The Hall–Kier alpha value is 0. The molecule has 1 aliphatic rings. The van der Waals surface area contributed by atoms with Crippen LogP contribution >= 0.6 is 22.6 Å². The first kappa shape index (κ1) is 8.10. The highest BCUT2D eigenvalue weighted by molar-refractivity contribution is 14.1. The molecule has 0 bridgehead atoms. The number of alkyl halides is 1. The van der Waals surface area contributed by atoms with Crippen molar-refractivity contribution in [2.24, 2.45) is 4.99 Å². The van der Waals surface area contributed by atoms with Gasteiger partial charge in [-0.2, -0.15) is 0 Å². The molecule has 0 saturated heterocycles. The molecule has 0 fully saturated rings. The van der Waals surface area contributed by atoms with Crippen molar-refractivity contribution >= 4 is 28.6 Å². The van der Waals surface area contributed by atoms with Gasteiger partial charge in [-0.3, -0.25) is 4.99 Å². The first-order valence-electron chi connectivity index (χ1n) is 3.41. The summed E-state index contributed by atoms with van der Waals surface area (Å²) in [7, 11) is 1.92. The molecule has 0 spiro atoms. The molecule has 58 valence electrons. The van der Waals surface area contributed by atoms with E-state index in [9.17, 15) is 0 Å². The normalized spacial score (nSPS) is 18.6. The van der Waals surface area contributed by atoms with Crippen LogP contribution in [0.25, 0.3) is 0 Å². The van der Waals surface area contributed by atoms with Crippen LogP contribution in [-0.4, -0.2) is 35.5 Å². The van der Waals surface area contributed by atoms with Gasteiger partial charge in [0.1, 0.15) is 0 Å². The second kappa shape index (κ2) is 4.00. The van der Waals surface area contributed by atoms with Gasteiger partial charge in [-0.15, -0.1) is 0 Å². The Morgan fingerprint density at radius 3 is 3.10 bits per heavy atom. The first-order chi connectivity index (χ1) is 4.88. The predicted molar refractivity (Wildman–Crippen MR) is 51.6 cm³/mol. The van der Waals surface area contributed by atoms with Crippen molar-refractivity contribution in [2.45, 2.75) is 6.42 Å². The number of halogens is 1. The van der Waals surface area contributed by atoms with Crippen LogP contribution in [-0.2, 0) is 0 Å². The minimum Gasteiger partial charge on any atom is -0.359 e. The van der Waals surface area contributed by atoms with E-state index in [1.807, 2.05) is 7.05 Å². The third kappa shape index (κ3) is 1.74. The number of nitrogens with one attached hydrogen (secondary N) is 1. The third-order valence-corrected chi connectivity index (χ3v) is 2.34. The third-order valence-electron chi connectivity index (χ3n) is 1.52. The average Bonchev–Trinajstić information content (AvgIpc) is 2.04. The standard InChI is InChI=1S/C6H12IN3/c1-8-6-9-3-2-4-10(6)5-7/h2-5H2,1H3,(H,8,9). The van der Waals surface area contributed by atoms with E-state index in [4.69, 9.17) is 0 Å². The van der Waals surface area contributed by atoms with Gasteiger partial charge in [0.25, 0.3) is 0 Å². The molecule has 1 rings (SSSR count). The molecule has 0 aromatic rings.